The molecule has 6 nitrogen and oxygen atoms in total. The number of nitrogens with one attached hydrogen (secondary N) is 1. The zero-order chi connectivity index (χ0) is 16.4. The predicted octanol–water partition coefficient (Wildman–Crippen LogP) is 1.52. The van der Waals surface area contributed by atoms with Crippen LogP contribution in [0.25, 0.3) is 10.9 Å². The van der Waals surface area contributed by atoms with Crippen LogP contribution in [0.2, 0.25) is 0 Å². The third kappa shape index (κ3) is 3.35. The SMILES string of the molecule is CCC(=O)N1CCC(NS(=O)(=O)c2cnc3ccccc3c2)C1. The minimum atomic E-state index is -3.64. The van der Waals surface area contributed by atoms with E-state index in [-0.39, 0.29) is 16.8 Å². The Labute approximate surface area is 135 Å². The molecule has 23 heavy (non-hydrogen) atoms. The highest BCUT2D eigenvalue weighted by Crippen LogP contribution is 2.18. The van der Waals surface area contributed by atoms with Gasteiger partial charge in [-0.25, -0.2) is 13.1 Å². The number of carbonyl (C=O) groups excluding carboxylic acids is 1. The summed E-state index contributed by atoms with van der Waals surface area (Å²) in [6, 6.07) is 8.75. The monoisotopic (exact) mass is 333 g/mol. The predicted molar refractivity (Wildman–Crippen MR) is 87.3 cm³/mol. The van der Waals surface area contributed by atoms with Crippen molar-refractivity contribution in [1.82, 2.24) is 14.6 Å². The van der Waals surface area contributed by atoms with Gasteiger partial charge in [0.05, 0.1) is 5.52 Å². The number of sulfonamides is 1. The molecule has 1 N–H and O–H groups in total. The summed E-state index contributed by atoms with van der Waals surface area (Å²) >= 11 is 0. The number of likely N-dealkylation sites (tertiary alicyclic amines) is 1. The summed E-state index contributed by atoms with van der Waals surface area (Å²) < 4.78 is 27.7. The van der Waals surface area contributed by atoms with E-state index in [2.05, 4.69) is 9.71 Å². The molecule has 0 aliphatic carbocycles. The first kappa shape index (κ1) is 15.9. The van der Waals surface area contributed by atoms with Crippen molar-refractivity contribution in [1.29, 1.82) is 0 Å². The lowest BCUT2D eigenvalue weighted by atomic mass is 10.2. The number of carbonyl (C=O) groups is 1. The van der Waals surface area contributed by atoms with Gasteiger partial charge in [-0.2, -0.15) is 0 Å². The van der Waals surface area contributed by atoms with Crippen molar-refractivity contribution in [3.8, 4) is 0 Å². The molecule has 1 saturated heterocycles. The number of nitrogens with zero attached hydrogens (tertiary/aromatic N) is 2. The third-order valence-corrected chi connectivity index (χ3v) is 5.53. The first-order chi connectivity index (χ1) is 11.0. The van der Waals surface area contributed by atoms with Gasteiger partial charge < -0.3 is 4.90 Å². The molecule has 2 heterocycles. The molecule has 2 aromatic rings. The lowest BCUT2D eigenvalue weighted by Gasteiger charge is -2.16. The normalized spacial score (nSPS) is 18.5. The Morgan fingerprint density at radius 3 is 2.96 bits per heavy atom. The van der Waals surface area contributed by atoms with Gasteiger partial charge in [-0.3, -0.25) is 9.78 Å². The van der Waals surface area contributed by atoms with Gasteiger partial charge in [0.2, 0.25) is 15.9 Å². The van der Waals surface area contributed by atoms with Crippen molar-refractivity contribution in [2.24, 2.45) is 0 Å². The number of benzene rings is 1. The van der Waals surface area contributed by atoms with Gasteiger partial charge in [-0.15, -0.1) is 0 Å². The molecule has 1 fully saturated rings. The molecule has 1 aromatic heterocycles. The number of hydrogen-bond donors (Lipinski definition) is 1. The Kier molecular flexibility index (Phi) is 4.32. The lowest BCUT2D eigenvalue weighted by molar-refractivity contribution is -0.129. The second-order valence-corrected chi connectivity index (χ2v) is 7.38. The lowest BCUT2D eigenvalue weighted by Crippen LogP contribution is -2.38. The maximum Gasteiger partial charge on any atom is 0.242 e. The van der Waals surface area contributed by atoms with Crippen molar-refractivity contribution in [2.75, 3.05) is 13.1 Å². The summed E-state index contributed by atoms with van der Waals surface area (Å²) in [7, 11) is -3.64. The van der Waals surface area contributed by atoms with Gasteiger partial charge in [0.1, 0.15) is 4.90 Å². The fourth-order valence-corrected chi connectivity index (χ4v) is 4.03. The van der Waals surface area contributed by atoms with E-state index in [9.17, 15) is 13.2 Å². The molecule has 122 valence electrons. The highest BCUT2D eigenvalue weighted by molar-refractivity contribution is 7.89. The standard InChI is InChI=1S/C16H19N3O3S/c1-2-16(20)19-8-7-13(11-19)18-23(21,22)14-9-12-5-3-4-6-15(12)17-10-14/h3-6,9-10,13,18H,2,7-8,11H2,1H3. The molecule has 3 rings (SSSR count). The Balaban J connectivity index is 1.77. The average Bonchev–Trinajstić information content (AvgIpc) is 3.01. The van der Waals surface area contributed by atoms with Crippen LogP contribution in [0.5, 0.6) is 0 Å². The minimum Gasteiger partial charge on any atom is -0.341 e. The molecule has 1 aliphatic heterocycles. The fourth-order valence-electron chi connectivity index (χ4n) is 2.79. The van der Waals surface area contributed by atoms with Crippen molar-refractivity contribution in [2.45, 2.75) is 30.7 Å². The quantitative estimate of drug-likeness (QED) is 0.920. The zero-order valence-electron chi connectivity index (χ0n) is 12.9. The summed E-state index contributed by atoms with van der Waals surface area (Å²) in [5, 5.41) is 0.782. The average molecular weight is 333 g/mol. The number of hydrogen-bond acceptors (Lipinski definition) is 4. The van der Waals surface area contributed by atoms with E-state index >= 15 is 0 Å². The van der Waals surface area contributed by atoms with Crippen molar-refractivity contribution in [3.05, 3.63) is 36.5 Å². The number of fused-ring (bicyclic) bond motifs is 1. The van der Waals surface area contributed by atoms with E-state index in [0.29, 0.717) is 25.9 Å². The molecule has 7 heteroatoms. The Morgan fingerprint density at radius 1 is 1.39 bits per heavy atom. The van der Waals surface area contributed by atoms with E-state index in [0.717, 1.165) is 10.9 Å². The number of amides is 1. The third-order valence-electron chi connectivity index (χ3n) is 4.04. The van der Waals surface area contributed by atoms with Crippen LogP contribution in [0.1, 0.15) is 19.8 Å². The molecule has 1 amide bonds. The zero-order valence-corrected chi connectivity index (χ0v) is 13.7. The van der Waals surface area contributed by atoms with E-state index in [1.807, 2.05) is 24.3 Å². The van der Waals surface area contributed by atoms with E-state index < -0.39 is 10.0 Å². The summed E-state index contributed by atoms with van der Waals surface area (Å²) in [4.78, 5) is 17.7. The van der Waals surface area contributed by atoms with Crippen molar-refractivity contribution >= 4 is 26.8 Å². The van der Waals surface area contributed by atoms with E-state index in [1.54, 1.807) is 17.9 Å². The first-order valence-electron chi connectivity index (χ1n) is 7.64. The summed E-state index contributed by atoms with van der Waals surface area (Å²) in [5.74, 6) is 0.0547. The number of para-hydroxylation sites is 1. The Hall–Kier alpha value is -1.99. The van der Waals surface area contributed by atoms with Gasteiger partial charge in [-0.1, -0.05) is 25.1 Å². The van der Waals surface area contributed by atoms with Crippen LogP contribution in [0, 0.1) is 0 Å². The topological polar surface area (TPSA) is 79.4 Å². The van der Waals surface area contributed by atoms with Crippen molar-refractivity contribution < 1.29 is 13.2 Å². The van der Waals surface area contributed by atoms with Gasteiger partial charge in [-0.05, 0) is 18.6 Å². The Bertz CT molecular complexity index is 835. The molecule has 0 spiro atoms. The number of aromatic nitrogens is 1. The molecule has 0 saturated carbocycles. The van der Waals surface area contributed by atoms with Crippen LogP contribution in [-0.4, -0.2) is 43.3 Å². The minimum absolute atomic E-state index is 0.0547. The number of pyridine rings is 1. The molecule has 1 aliphatic rings. The molecule has 1 unspecified atom stereocenters. The largest absolute Gasteiger partial charge is 0.341 e. The molecule has 1 aromatic carbocycles. The second-order valence-electron chi connectivity index (χ2n) is 5.66. The molecular formula is C16H19N3O3S. The van der Waals surface area contributed by atoms with Crippen LogP contribution in [-0.2, 0) is 14.8 Å². The van der Waals surface area contributed by atoms with E-state index in [4.69, 9.17) is 0 Å². The summed E-state index contributed by atoms with van der Waals surface area (Å²) in [6.07, 6.45) is 2.44. The molecule has 0 radical (unpaired) electrons. The molecule has 0 bridgehead atoms. The van der Waals surface area contributed by atoms with Gasteiger partial charge >= 0.3 is 0 Å². The van der Waals surface area contributed by atoms with Crippen LogP contribution < -0.4 is 4.72 Å². The van der Waals surface area contributed by atoms with Crippen LogP contribution in [0.4, 0.5) is 0 Å². The van der Waals surface area contributed by atoms with E-state index in [1.165, 1.54) is 6.20 Å². The Morgan fingerprint density at radius 2 is 2.17 bits per heavy atom. The summed E-state index contributed by atoms with van der Waals surface area (Å²) in [5.41, 5.74) is 0.757. The van der Waals surface area contributed by atoms with Crippen LogP contribution >= 0.6 is 0 Å². The second kappa shape index (κ2) is 6.25. The molecular weight excluding hydrogens is 314 g/mol. The maximum absolute atomic E-state index is 12.5. The van der Waals surface area contributed by atoms with Crippen LogP contribution in [0.3, 0.4) is 0 Å². The van der Waals surface area contributed by atoms with Gasteiger partial charge in [0, 0.05) is 37.1 Å². The smallest absolute Gasteiger partial charge is 0.242 e. The number of rotatable bonds is 4. The van der Waals surface area contributed by atoms with Crippen molar-refractivity contribution in [3.63, 3.8) is 0 Å². The maximum atomic E-state index is 12.5. The highest BCUT2D eigenvalue weighted by atomic mass is 32.2. The van der Waals surface area contributed by atoms with Gasteiger partial charge in [0.25, 0.3) is 0 Å². The first-order valence-corrected chi connectivity index (χ1v) is 9.13. The highest BCUT2D eigenvalue weighted by Gasteiger charge is 2.29. The van der Waals surface area contributed by atoms with Crippen LogP contribution in [0.15, 0.2) is 41.4 Å². The van der Waals surface area contributed by atoms with Gasteiger partial charge in [0.15, 0.2) is 0 Å². The fraction of sp³-hybridized carbons (Fsp3) is 0.375. The molecule has 1 atom stereocenters. The summed E-state index contributed by atoms with van der Waals surface area (Å²) in [6.45, 7) is 2.82.